The molecule has 516 valence electrons. The van der Waals surface area contributed by atoms with Crippen LogP contribution in [0, 0.1) is 0 Å². The maximum atomic E-state index is 6.21. The Hall–Kier alpha value is -8.68. The van der Waals surface area contributed by atoms with Crippen molar-refractivity contribution in [3.8, 4) is 5.75 Å². The van der Waals surface area contributed by atoms with Crippen LogP contribution in [0.25, 0.3) is 17.7 Å². The number of nitrogens with zero attached hydrogens (tertiary/aromatic N) is 5. The summed E-state index contributed by atoms with van der Waals surface area (Å²) in [6.07, 6.45) is 17.0. The van der Waals surface area contributed by atoms with Crippen LogP contribution >= 0.6 is 23.4 Å². The van der Waals surface area contributed by atoms with Crippen LogP contribution in [0.5, 0.6) is 5.75 Å². The van der Waals surface area contributed by atoms with Gasteiger partial charge in [-0.2, -0.15) is 0 Å². The molecule has 0 saturated heterocycles. The van der Waals surface area contributed by atoms with Gasteiger partial charge >= 0.3 is 0 Å². The molecule has 11 heteroatoms. The Morgan fingerprint density at radius 3 is 1.48 bits per heavy atom. The van der Waals surface area contributed by atoms with Gasteiger partial charge in [0.15, 0.2) is 0 Å². The van der Waals surface area contributed by atoms with Crippen molar-refractivity contribution in [3.63, 3.8) is 0 Å². The standard InChI is InChI=1S/C19H21NO.C19H21N.C18H22N2.C17H19ClN2S.C16H18N2/c1-20(2)13-7-11-17-16-9-4-3-8-15(16)14-21-19-12-6-5-10-18(17)19;1-20-14-6-11-19-17-9-4-2-7-15(17)12-13-16-8-3-5-10-18(16)19;1-19-13-6-14-20-17-9-4-2-7-15(17)11-12-16-8-3-5-10-18(16)20;1-19(2)10-5-11-20-14-6-3-4-7-16(14)21-17-9-8-13(18)12-15(17)20;17-11-12-18-15-7-3-1-5-13(15)9-10-14-6-2-4-8-16(14)18/h3-6,8-12H,7,13-14H2,1-2H3;2-5,7-10,12-13,19-20H,6,11,14H2,1H3;2-5,7-10,19H,6,11-14H2,1H3;3-4,6-9,12H,5,10-11H2,1-2H3;1-8H,9-12,17H2/b17-11+;;;;. The molecule has 5 aliphatic rings. The van der Waals surface area contributed by atoms with E-state index in [-0.39, 0.29) is 0 Å². The zero-order valence-corrected chi connectivity index (χ0v) is 61.1. The summed E-state index contributed by atoms with van der Waals surface area (Å²) in [6, 6.07) is 84.2. The quantitative estimate of drug-likeness (QED) is 0.0768. The number of benzene rings is 10. The Balaban J connectivity index is 0.000000126. The fourth-order valence-corrected chi connectivity index (χ4v) is 15.4. The lowest BCUT2D eigenvalue weighted by Gasteiger charge is -2.33. The number of halogens is 1. The zero-order chi connectivity index (χ0) is 69.4. The Bertz CT molecular complexity index is 4110. The third-order valence-corrected chi connectivity index (χ3v) is 20.5. The molecule has 10 aromatic rings. The zero-order valence-electron chi connectivity index (χ0n) is 59.6. The first-order valence-electron chi connectivity index (χ1n) is 36.0. The molecule has 0 spiro atoms. The summed E-state index contributed by atoms with van der Waals surface area (Å²) in [4.78, 5) is 14.3. The number of hydrogen-bond donors (Lipinski definition) is 3. The van der Waals surface area contributed by atoms with Crippen molar-refractivity contribution < 1.29 is 4.74 Å². The number of hydrogen-bond acceptors (Lipinski definition) is 10. The van der Waals surface area contributed by atoms with Crippen molar-refractivity contribution in [3.05, 3.63) is 309 Å². The molecule has 0 radical (unpaired) electrons. The van der Waals surface area contributed by atoms with E-state index in [1.54, 1.807) is 0 Å². The first kappa shape index (κ1) is 72.6. The molecule has 9 nitrogen and oxygen atoms in total. The summed E-state index contributed by atoms with van der Waals surface area (Å²) < 4.78 is 5.98. The lowest BCUT2D eigenvalue weighted by atomic mass is 9.84. The average molecular weight is 1370 g/mol. The number of rotatable bonds is 17. The van der Waals surface area contributed by atoms with Gasteiger partial charge in [-0.15, -0.1) is 0 Å². The molecule has 4 heterocycles. The molecule has 0 saturated carbocycles. The molecule has 1 aliphatic carbocycles. The maximum absolute atomic E-state index is 6.21. The van der Waals surface area contributed by atoms with Crippen molar-refractivity contribution in [1.29, 1.82) is 0 Å². The van der Waals surface area contributed by atoms with Crippen LogP contribution in [0.3, 0.4) is 0 Å². The highest BCUT2D eigenvalue weighted by molar-refractivity contribution is 7.99. The fourth-order valence-electron chi connectivity index (χ4n) is 14.2. The van der Waals surface area contributed by atoms with Crippen molar-refractivity contribution in [2.45, 2.75) is 80.1 Å². The Labute approximate surface area is 606 Å². The summed E-state index contributed by atoms with van der Waals surface area (Å²) in [5.41, 5.74) is 30.1. The molecule has 0 bridgehead atoms. The van der Waals surface area contributed by atoms with Gasteiger partial charge in [0, 0.05) is 81.8 Å². The Morgan fingerprint density at radius 1 is 0.470 bits per heavy atom. The van der Waals surface area contributed by atoms with E-state index in [1.807, 2.05) is 38.0 Å². The summed E-state index contributed by atoms with van der Waals surface area (Å²) in [6.45, 7) is 8.51. The van der Waals surface area contributed by atoms with E-state index in [0.717, 1.165) is 102 Å². The minimum Gasteiger partial charge on any atom is -0.488 e. The van der Waals surface area contributed by atoms with E-state index in [2.05, 4.69) is 306 Å². The number of ether oxygens (including phenoxy) is 1. The number of fused-ring (bicyclic) bond motifs is 10. The van der Waals surface area contributed by atoms with Gasteiger partial charge in [0.2, 0.25) is 0 Å². The monoisotopic (exact) mass is 1360 g/mol. The summed E-state index contributed by atoms with van der Waals surface area (Å²) in [7, 11) is 12.5. The number of nitrogens with one attached hydrogen (secondary N) is 2. The highest BCUT2D eigenvalue weighted by Gasteiger charge is 2.26. The molecular weight excluding hydrogens is 1260 g/mol. The third-order valence-electron chi connectivity index (χ3n) is 19.1. The minimum absolute atomic E-state index is 0.505. The van der Waals surface area contributed by atoms with Gasteiger partial charge in [0.05, 0.1) is 11.4 Å². The molecule has 0 fully saturated rings. The molecule has 15 rings (SSSR count). The van der Waals surface area contributed by atoms with Gasteiger partial charge in [-0.05, 0) is 242 Å². The highest BCUT2D eigenvalue weighted by Crippen LogP contribution is 2.49. The maximum Gasteiger partial charge on any atom is 0.127 e. The second kappa shape index (κ2) is 37.1. The van der Waals surface area contributed by atoms with Gasteiger partial charge in [-0.1, -0.05) is 218 Å². The van der Waals surface area contributed by atoms with Crippen LogP contribution in [0.1, 0.15) is 99.2 Å². The number of anilines is 6. The van der Waals surface area contributed by atoms with E-state index in [4.69, 9.17) is 22.1 Å². The molecule has 0 amide bonds. The van der Waals surface area contributed by atoms with Crippen LogP contribution in [-0.2, 0) is 32.3 Å². The van der Waals surface area contributed by atoms with Crippen molar-refractivity contribution in [1.82, 2.24) is 20.4 Å². The largest absolute Gasteiger partial charge is 0.488 e. The van der Waals surface area contributed by atoms with Crippen LogP contribution in [-0.4, -0.2) is 104 Å². The minimum atomic E-state index is 0.505. The molecule has 100 heavy (non-hydrogen) atoms. The van der Waals surface area contributed by atoms with Crippen LogP contribution < -0.4 is 35.8 Å². The van der Waals surface area contributed by atoms with Gasteiger partial charge in [-0.25, -0.2) is 0 Å². The smallest absolute Gasteiger partial charge is 0.127 e. The van der Waals surface area contributed by atoms with Crippen LogP contribution in [0.2, 0.25) is 5.02 Å². The third kappa shape index (κ3) is 18.8. The van der Waals surface area contributed by atoms with Gasteiger partial charge < -0.3 is 45.6 Å². The summed E-state index contributed by atoms with van der Waals surface area (Å²) >= 11 is 8.03. The van der Waals surface area contributed by atoms with E-state index in [1.165, 1.54) is 124 Å². The molecule has 4 aliphatic heterocycles. The van der Waals surface area contributed by atoms with Gasteiger partial charge in [-0.3, -0.25) is 0 Å². The predicted molar refractivity (Wildman–Crippen MR) is 429 cm³/mol. The fraction of sp³-hybridized carbons (Fsp3) is 0.281. The molecular formula is C89H101ClN8OS. The first-order valence-corrected chi connectivity index (χ1v) is 37.2. The van der Waals surface area contributed by atoms with Crippen LogP contribution in [0.4, 0.5) is 34.1 Å². The lowest BCUT2D eigenvalue weighted by Crippen LogP contribution is -2.25. The number of aryl methyl sites for hydroxylation is 4. The van der Waals surface area contributed by atoms with Crippen LogP contribution in [0.15, 0.2) is 252 Å². The molecule has 4 N–H and O–H groups in total. The van der Waals surface area contributed by atoms with Crippen molar-refractivity contribution >= 4 is 75.2 Å². The number of nitrogens with two attached hydrogens (primary N) is 1. The highest BCUT2D eigenvalue weighted by atomic mass is 35.5. The summed E-state index contributed by atoms with van der Waals surface area (Å²) in [5.74, 6) is 1.48. The second-order valence-electron chi connectivity index (χ2n) is 26.6. The molecule has 10 aromatic carbocycles. The summed E-state index contributed by atoms with van der Waals surface area (Å²) in [5, 5.41) is 7.30. The van der Waals surface area contributed by atoms with E-state index in [0.29, 0.717) is 19.1 Å². The van der Waals surface area contributed by atoms with E-state index in [9.17, 15) is 0 Å². The Morgan fingerprint density at radius 2 is 0.920 bits per heavy atom. The molecule has 0 atom stereocenters. The molecule has 0 aromatic heterocycles. The SMILES string of the molecule is CN(C)CC/C=C1\c2ccccc2COc2ccccc21.CN(C)CCCN1c2ccccc2Sc2ccc(Cl)cc21.CNCCCC1c2ccccc2C=Cc2ccccc21.CNCCCN1c2ccccc2CCc2ccccc21.NCCN1c2ccccc2CCc2ccccc21. The normalized spacial score (nSPS) is 13.9. The van der Waals surface area contributed by atoms with Gasteiger partial charge in [0.25, 0.3) is 0 Å². The van der Waals surface area contributed by atoms with E-state index >= 15 is 0 Å². The van der Waals surface area contributed by atoms with E-state index < -0.39 is 0 Å². The van der Waals surface area contributed by atoms with Crippen molar-refractivity contribution in [2.24, 2.45) is 5.73 Å². The predicted octanol–water partition coefficient (Wildman–Crippen LogP) is 19.6. The Kier molecular flexibility index (Phi) is 26.9. The lowest BCUT2D eigenvalue weighted by molar-refractivity contribution is 0.307. The molecule has 0 unspecified atom stereocenters. The average Bonchev–Trinajstić information content (AvgIpc) is 1.17. The number of para-hydroxylation sites is 6. The topological polar surface area (TPSA) is 75.5 Å². The van der Waals surface area contributed by atoms with Crippen molar-refractivity contribution in [2.75, 3.05) is 109 Å². The first-order chi connectivity index (χ1) is 49.1. The van der Waals surface area contributed by atoms with Gasteiger partial charge in [0.1, 0.15) is 12.4 Å². The second-order valence-corrected chi connectivity index (χ2v) is 28.1.